The van der Waals surface area contributed by atoms with Gasteiger partial charge in [-0.25, -0.2) is 0 Å². The molecule has 0 spiro atoms. The van der Waals surface area contributed by atoms with Crippen LogP contribution in [0.15, 0.2) is 42.5 Å². The number of aryl methyl sites for hydroxylation is 2. The first-order valence-corrected chi connectivity index (χ1v) is 7.71. The smallest absolute Gasteiger partial charge is 0.0315 e. The minimum Gasteiger partial charge on any atom is -0.313 e. The molecule has 0 saturated carbocycles. The summed E-state index contributed by atoms with van der Waals surface area (Å²) in [7, 11) is 2.04. The largest absolute Gasteiger partial charge is 0.313 e. The standard InChI is InChI=1S/C19H23N/c1-3-19(20-2)18-9-5-8-16(13-18)17-11-10-14-6-4-7-15(14)12-17/h5,8-13,19-20H,3-4,6-7H2,1-2H3. The molecule has 0 radical (unpaired) electrons. The zero-order chi connectivity index (χ0) is 13.9. The maximum atomic E-state index is 3.39. The van der Waals surface area contributed by atoms with Crippen LogP contribution in [0.1, 0.15) is 42.5 Å². The Balaban J connectivity index is 1.96. The first-order chi connectivity index (χ1) is 9.81. The van der Waals surface area contributed by atoms with Gasteiger partial charge in [-0.05, 0) is 66.6 Å². The first-order valence-electron chi connectivity index (χ1n) is 7.71. The highest BCUT2D eigenvalue weighted by Gasteiger charge is 2.12. The summed E-state index contributed by atoms with van der Waals surface area (Å²) in [6, 6.07) is 16.4. The molecule has 0 heterocycles. The van der Waals surface area contributed by atoms with Crippen molar-refractivity contribution in [2.24, 2.45) is 0 Å². The van der Waals surface area contributed by atoms with Crippen LogP contribution >= 0.6 is 0 Å². The van der Waals surface area contributed by atoms with E-state index in [1.165, 1.54) is 36.0 Å². The summed E-state index contributed by atoms with van der Waals surface area (Å²) in [4.78, 5) is 0. The van der Waals surface area contributed by atoms with E-state index in [2.05, 4.69) is 54.7 Å². The SMILES string of the molecule is CCC(NC)c1cccc(-c2ccc3c(c2)CCC3)c1. The zero-order valence-corrected chi connectivity index (χ0v) is 12.4. The van der Waals surface area contributed by atoms with E-state index in [-0.39, 0.29) is 0 Å². The van der Waals surface area contributed by atoms with Crippen molar-refractivity contribution in [1.82, 2.24) is 5.32 Å². The van der Waals surface area contributed by atoms with Gasteiger partial charge in [0.1, 0.15) is 0 Å². The number of benzene rings is 2. The molecule has 20 heavy (non-hydrogen) atoms. The third kappa shape index (κ3) is 2.51. The maximum Gasteiger partial charge on any atom is 0.0315 e. The van der Waals surface area contributed by atoms with Crippen molar-refractivity contribution in [3.8, 4) is 11.1 Å². The van der Waals surface area contributed by atoms with Crippen LogP contribution in [0.5, 0.6) is 0 Å². The molecule has 104 valence electrons. The molecule has 1 heteroatoms. The van der Waals surface area contributed by atoms with Gasteiger partial charge in [0.15, 0.2) is 0 Å². The summed E-state index contributed by atoms with van der Waals surface area (Å²) < 4.78 is 0. The lowest BCUT2D eigenvalue weighted by atomic mass is 9.96. The van der Waals surface area contributed by atoms with Crippen LogP contribution < -0.4 is 5.32 Å². The molecule has 3 rings (SSSR count). The van der Waals surface area contributed by atoms with Crippen LogP contribution in [-0.4, -0.2) is 7.05 Å². The normalized spacial score (nSPS) is 15.1. The maximum absolute atomic E-state index is 3.39. The van der Waals surface area contributed by atoms with Gasteiger partial charge >= 0.3 is 0 Å². The average molecular weight is 265 g/mol. The molecule has 2 aromatic carbocycles. The Hall–Kier alpha value is -1.60. The predicted octanol–water partition coefficient (Wildman–Crippen LogP) is 4.51. The Morgan fingerprint density at radius 1 is 1.00 bits per heavy atom. The highest BCUT2D eigenvalue weighted by Crippen LogP contribution is 2.29. The van der Waals surface area contributed by atoms with Crippen LogP contribution in [0.4, 0.5) is 0 Å². The van der Waals surface area contributed by atoms with E-state index in [0.29, 0.717) is 6.04 Å². The molecule has 1 unspecified atom stereocenters. The zero-order valence-electron chi connectivity index (χ0n) is 12.4. The van der Waals surface area contributed by atoms with Crippen LogP contribution in [0.3, 0.4) is 0 Å². The fourth-order valence-corrected chi connectivity index (χ4v) is 3.29. The topological polar surface area (TPSA) is 12.0 Å². The molecule has 2 aromatic rings. The van der Waals surface area contributed by atoms with Crippen LogP contribution in [0.25, 0.3) is 11.1 Å². The van der Waals surface area contributed by atoms with Crippen LogP contribution in [0.2, 0.25) is 0 Å². The van der Waals surface area contributed by atoms with Crippen molar-refractivity contribution in [1.29, 1.82) is 0 Å². The van der Waals surface area contributed by atoms with Gasteiger partial charge in [0.2, 0.25) is 0 Å². The molecular formula is C19H23N. The van der Waals surface area contributed by atoms with Gasteiger partial charge in [-0.1, -0.05) is 43.3 Å². The summed E-state index contributed by atoms with van der Waals surface area (Å²) in [5.74, 6) is 0. The first kappa shape index (κ1) is 13.4. The highest BCUT2D eigenvalue weighted by molar-refractivity contribution is 5.66. The van der Waals surface area contributed by atoms with E-state index < -0.39 is 0 Å². The lowest BCUT2D eigenvalue weighted by Crippen LogP contribution is -2.15. The van der Waals surface area contributed by atoms with Gasteiger partial charge < -0.3 is 5.32 Å². The van der Waals surface area contributed by atoms with Crippen molar-refractivity contribution in [3.63, 3.8) is 0 Å². The second-order valence-corrected chi connectivity index (χ2v) is 5.71. The minimum atomic E-state index is 0.448. The van der Waals surface area contributed by atoms with E-state index in [0.717, 1.165) is 6.42 Å². The highest BCUT2D eigenvalue weighted by atomic mass is 14.9. The Kier molecular flexibility index (Phi) is 3.88. The monoisotopic (exact) mass is 265 g/mol. The quantitative estimate of drug-likeness (QED) is 0.857. The molecule has 0 bridgehead atoms. The Morgan fingerprint density at radius 3 is 2.60 bits per heavy atom. The second kappa shape index (κ2) is 5.80. The molecule has 0 amide bonds. The third-order valence-corrected chi connectivity index (χ3v) is 4.48. The Bertz CT molecular complexity index is 596. The lowest BCUT2D eigenvalue weighted by Gasteiger charge is -2.15. The van der Waals surface area contributed by atoms with E-state index >= 15 is 0 Å². The number of hydrogen-bond donors (Lipinski definition) is 1. The average Bonchev–Trinajstić information content (AvgIpc) is 2.96. The van der Waals surface area contributed by atoms with Crippen molar-refractivity contribution < 1.29 is 0 Å². The predicted molar refractivity (Wildman–Crippen MR) is 86.0 cm³/mol. The molecule has 0 saturated heterocycles. The van der Waals surface area contributed by atoms with E-state index in [1.54, 1.807) is 11.1 Å². The Labute approximate surface area is 122 Å². The molecule has 0 fully saturated rings. The summed E-state index contributed by atoms with van der Waals surface area (Å²) in [5, 5.41) is 3.39. The molecule has 1 nitrogen and oxygen atoms in total. The number of rotatable bonds is 4. The van der Waals surface area contributed by atoms with Gasteiger partial charge in [-0.2, -0.15) is 0 Å². The van der Waals surface area contributed by atoms with Gasteiger partial charge in [-0.15, -0.1) is 0 Å². The lowest BCUT2D eigenvalue weighted by molar-refractivity contribution is 0.577. The van der Waals surface area contributed by atoms with Crippen LogP contribution in [-0.2, 0) is 12.8 Å². The Morgan fingerprint density at radius 2 is 1.80 bits per heavy atom. The van der Waals surface area contributed by atoms with Gasteiger partial charge in [-0.3, -0.25) is 0 Å². The van der Waals surface area contributed by atoms with Crippen molar-refractivity contribution in [2.45, 2.75) is 38.6 Å². The summed E-state index contributed by atoms with van der Waals surface area (Å²) >= 11 is 0. The molecule has 0 aromatic heterocycles. The van der Waals surface area contributed by atoms with E-state index in [1.807, 2.05) is 7.05 Å². The number of fused-ring (bicyclic) bond motifs is 1. The van der Waals surface area contributed by atoms with Gasteiger partial charge in [0.05, 0.1) is 0 Å². The second-order valence-electron chi connectivity index (χ2n) is 5.71. The third-order valence-electron chi connectivity index (χ3n) is 4.48. The molecule has 1 N–H and O–H groups in total. The summed E-state index contributed by atoms with van der Waals surface area (Å²) in [6.45, 7) is 2.23. The van der Waals surface area contributed by atoms with Crippen molar-refractivity contribution in [3.05, 3.63) is 59.2 Å². The molecule has 1 aliphatic carbocycles. The summed E-state index contributed by atoms with van der Waals surface area (Å²) in [5.41, 5.74) is 7.18. The van der Waals surface area contributed by atoms with E-state index in [9.17, 15) is 0 Å². The minimum absolute atomic E-state index is 0.448. The fourth-order valence-electron chi connectivity index (χ4n) is 3.29. The summed E-state index contributed by atoms with van der Waals surface area (Å²) in [6.07, 6.45) is 4.94. The van der Waals surface area contributed by atoms with Crippen LogP contribution in [0, 0.1) is 0 Å². The van der Waals surface area contributed by atoms with Crippen molar-refractivity contribution in [2.75, 3.05) is 7.05 Å². The van der Waals surface area contributed by atoms with Gasteiger partial charge in [0, 0.05) is 6.04 Å². The fraction of sp³-hybridized carbons (Fsp3) is 0.368. The van der Waals surface area contributed by atoms with Gasteiger partial charge in [0.25, 0.3) is 0 Å². The molecule has 1 aliphatic rings. The van der Waals surface area contributed by atoms with E-state index in [4.69, 9.17) is 0 Å². The number of nitrogens with one attached hydrogen (secondary N) is 1. The molecular weight excluding hydrogens is 242 g/mol. The molecule has 1 atom stereocenters. The number of hydrogen-bond acceptors (Lipinski definition) is 1. The van der Waals surface area contributed by atoms with Crippen molar-refractivity contribution >= 4 is 0 Å². The molecule has 0 aliphatic heterocycles.